The molecule has 86 valence electrons. The van der Waals surface area contributed by atoms with Gasteiger partial charge in [-0.15, -0.1) is 11.3 Å². The molecule has 4 heteroatoms. The number of terminal acetylenes is 1. The predicted octanol–water partition coefficient (Wildman–Crippen LogP) is 2.50. The molecule has 2 N–H and O–H groups in total. The van der Waals surface area contributed by atoms with Crippen LogP contribution < -0.4 is 5.32 Å². The fraction of sp³-hybridized carbons (Fsp3) is 0.154. The number of aromatic hydroxyl groups is 1. The topological polar surface area (TPSA) is 45.2 Å². The van der Waals surface area contributed by atoms with Crippen LogP contribution in [0.4, 0.5) is 0 Å². The van der Waals surface area contributed by atoms with Gasteiger partial charge in [-0.05, 0) is 18.6 Å². The second kappa shape index (κ2) is 4.89. The van der Waals surface area contributed by atoms with Crippen LogP contribution in [0.15, 0.2) is 23.7 Å². The normalized spacial score (nSPS) is 9.88. The van der Waals surface area contributed by atoms with E-state index in [1.807, 2.05) is 19.1 Å². The smallest absolute Gasteiger partial charge is 0.121 e. The average molecular weight is 244 g/mol. The molecular formula is C13H12N2OS. The highest BCUT2D eigenvalue weighted by molar-refractivity contribution is 7.13. The highest BCUT2D eigenvalue weighted by atomic mass is 32.1. The van der Waals surface area contributed by atoms with Crippen LogP contribution in [0.5, 0.6) is 5.75 Å². The van der Waals surface area contributed by atoms with Crippen LogP contribution in [0.3, 0.4) is 0 Å². The van der Waals surface area contributed by atoms with Crippen LogP contribution in [-0.2, 0) is 6.54 Å². The van der Waals surface area contributed by atoms with E-state index in [-0.39, 0.29) is 5.75 Å². The number of benzene rings is 1. The Labute approximate surface area is 104 Å². The van der Waals surface area contributed by atoms with E-state index in [1.165, 1.54) is 0 Å². The van der Waals surface area contributed by atoms with Crippen LogP contribution in [0.2, 0.25) is 0 Å². The lowest BCUT2D eigenvalue weighted by Crippen LogP contribution is -2.04. The van der Waals surface area contributed by atoms with Gasteiger partial charge < -0.3 is 10.4 Å². The van der Waals surface area contributed by atoms with Crippen molar-refractivity contribution in [3.05, 3.63) is 35.0 Å². The van der Waals surface area contributed by atoms with Crippen molar-refractivity contribution in [3.8, 4) is 28.7 Å². The first-order valence-electron chi connectivity index (χ1n) is 5.13. The minimum Gasteiger partial charge on any atom is -0.508 e. The molecule has 0 saturated heterocycles. The monoisotopic (exact) mass is 244 g/mol. The molecule has 0 aliphatic carbocycles. The third-order valence-electron chi connectivity index (χ3n) is 2.47. The van der Waals surface area contributed by atoms with Crippen LogP contribution in [-0.4, -0.2) is 10.1 Å². The molecule has 2 aromatic rings. The number of hydrogen-bond donors (Lipinski definition) is 2. The van der Waals surface area contributed by atoms with Gasteiger partial charge in [0.05, 0.1) is 22.6 Å². The van der Waals surface area contributed by atoms with Crippen molar-refractivity contribution in [2.75, 3.05) is 0 Å². The second-order valence-corrected chi connectivity index (χ2v) is 4.46. The van der Waals surface area contributed by atoms with Crippen molar-refractivity contribution in [1.82, 2.24) is 10.3 Å². The summed E-state index contributed by atoms with van der Waals surface area (Å²) in [5.74, 6) is 0.248. The molecule has 17 heavy (non-hydrogen) atoms. The summed E-state index contributed by atoms with van der Waals surface area (Å²) in [5, 5.41) is 12.6. The molecule has 0 saturated carbocycles. The standard InChI is InChI=1S/C13H12N2OS/c1-3-14-7-11-5-4-10(6-12(11)16)13-9(2)15-8-17-13/h1,4-6,8,14,16H,7H2,2H3. The van der Waals surface area contributed by atoms with Gasteiger partial charge in [-0.25, -0.2) is 4.98 Å². The molecule has 2 rings (SSSR count). The Kier molecular flexibility index (Phi) is 3.31. The van der Waals surface area contributed by atoms with Crippen molar-refractivity contribution in [2.45, 2.75) is 13.5 Å². The van der Waals surface area contributed by atoms with Gasteiger partial charge in [0.2, 0.25) is 0 Å². The summed E-state index contributed by atoms with van der Waals surface area (Å²) >= 11 is 1.56. The Balaban J connectivity index is 2.32. The third kappa shape index (κ3) is 2.40. The van der Waals surface area contributed by atoms with E-state index >= 15 is 0 Å². The summed E-state index contributed by atoms with van der Waals surface area (Å²) < 4.78 is 0. The van der Waals surface area contributed by atoms with E-state index in [1.54, 1.807) is 22.9 Å². The van der Waals surface area contributed by atoms with Crippen molar-refractivity contribution in [1.29, 1.82) is 0 Å². The molecule has 0 spiro atoms. The number of rotatable bonds is 3. The number of nitrogens with zero attached hydrogens (tertiary/aromatic N) is 1. The molecule has 0 amide bonds. The molecule has 3 nitrogen and oxygen atoms in total. The highest BCUT2D eigenvalue weighted by Crippen LogP contribution is 2.31. The zero-order chi connectivity index (χ0) is 12.3. The summed E-state index contributed by atoms with van der Waals surface area (Å²) in [6.45, 7) is 2.42. The zero-order valence-electron chi connectivity index (χ0n) is 9.40. The van der Waals surface area contributed by atoms with Gasteiger partial charge in [-0.3, -0.25) is 0 Å². The fourth-order valence-corrected chi connectivity index (χ4v) is 2.38. The molecule has 1 aromatic heterocycles. The lowest BCUT2D eigenvalue weighted by Gasteiger charge is -2.06. The molecular weight excluding hydrogens is 232 g/mol. The van der Waals surface area contributed by atoms with Gasteiger partial charge >= 0.3 is 0 Å². The van der Waals surface area contributed by atoms with Gasteiger partial charge in [-0.1, -0.05) is 18.6 Å². The predicted molar refractivity (Wildman–Crippen MR) is 69.6 cm³/mol. The molecule has 0 fully saturated rings. The first-order valence-corrected chi connectivity index (χ1v) is 6.01. The summed E-state index contributed by atoms with van der Waals surface area (Å²) in [4.78, 5) is 5.27. The largest absolute Gasteiger partial charge is 0.508 e. The molecule has 1 aromatic carbocycles. The van der Waals surface area contributed by atoms with Gasteiger partial charge in [0.25, 0.3) is 0 Å². The van der Waals surface area contributed by atoms with Crippen molar-refractivity contribution in [2.24, 2.45) is 0 Å². The minimum atomic E-state index is 0.248. The Bertz CT molecular complexity index is 569. The number of aryl methyl sites for hydroxylation is 1. The maximum absolute atomic E-state index is 9.88. The molecule has 1 heterocycles. The van der Waals surface area contributed by atoms with E-state index < -0.39 is 0 Å². The number of phenols is 1. The van der Waals surface area contributed by atoms with Crippen molar-refractivity contribution in [3.63, 3.8) is 0 Å². The maximum atomic E-state index is 9.88. The fourth-order valence-electron chi connectivity index (χ4n) is 1.58. The second-order valence-electron chi connectivity index (χ2n) is 3.61. The molecule has 0 aliphatic heterocycles. The molecule has 0 radical (unpaired) electrons. The Morgan fingerprint density at radius 1 is 1.53 bits per heavy atom. The van der Waals surface area contributed by atoms with Gasteiger partial charge in [-0.2, -0.15) is 0 Å². The molecule has 0 atom stereocenters. The van der Waals surface area contributed by atoms with Gasteiger partial charge in [0, 0.05) is 11.6 Å². The highest BCUT2D eigenvalue weighted by Gasteiger charge is 2.07. The van der Waals surface area contributed by atoms with Gasteiger partial charge in [0.15, 0.2) is 0 Å². The number of aromatic nitrogens is 1. The first kappa shape index (κ1) is 11.5. The summed E-state index contributed by atoms with van der Waals surface area (Å²) in [6.07, 6.45) is 5.10. The summed E-state index contributed by atoms with van der Waals surface area (Å²) in [6, 6.07) is 7.90. The number of thiazole rings is 1. The Morgan fingerprint density at radius 2 is 2.35 bits per heavy atom. The number of nitrogens with one attached hydrogen (secondary N) is 1. The number of phenolic OH excluding ortho intramolecular Hbond substituents is 1. The molecule has 0 bridgehead atoms. The van der Waals surface area contributed by atoms with Gasteiger partial charge in [0.1, 0.15) is 5.75 Å². The average Bonchev–Trinajstić information content (AvgIpc) is 2.74. The van der Waals surface area contributed by atoms with Crippen molar-refractivity contribution >= 4 is 11.3 Å². The van der Waals surface area contributed by atoms with E-state index in [9.17, 15) is 5.11 Å². The Morgan fingerprint density at radius 3 is 2.94 bits per heavy atom. The van der Waals surface area contributed by atoms with Crippen LogP contribution in [0, 0.1) is 19.4 Å². The lowest BCUT2D eigenvalue weighted by molar-refractivity contribution is 0.467. The lowest BCUT2D eigenvalue weighted by atomic mass is 10.1. The zero-order valence-corrected chi connectivity index (χ0v) is 10.2. The van der Waals surface area contributed by atoms with Crippen molar-refractivity contribution < 1.29 is 5.11 Å². The summed E-state index contributed by atoms with van der Waals surface area (Å²) in [5.41, 5.74) is 4.54. The van der Waals surface area contributed by atoms with Crippen LogP contribution in [0.25, 0.3) is 10.4 Å². The Hall–Kier alpha value is -1.99. The van der Waals surface area contributed by atoms with Crippen LogP contribution >= 0.6 is 11.3 Å². The van der Waals surface area contributed by atoms with E-state index in [0.29, 0.717) is 6.54 Å². The number of hydrogen-bond acceptors (Lipinski definition) is 4. The summed E-state index contributed by atoms with van der Waals surface area (Å²) in [7, 11) is 0. The first-order chi connectivity index (χ1) is 8.22. The van der Waals surface area contributed by atoms with E-state index in [0.717, 1.165) is 21.7 Å². The third-order valence-corrected chi connectivity index (χ3v) is 3.45. The quantitative estimate of drug-likeness (QED) is 0.644. The maximum Gasteiger partial charge on any atom is 0.121 e. The molecule has 0 unspecified atom stereocenters. The SMILES string of the molecule is C#CNCc1ccc(-c2scnc2C)cc1O. The molecule has 0 aliphatic rings. The minimum absolute atomic E-state index is 0.248. The van der Waals surface area contributed by atoms with E-state index in [4.69, 9.17) is 6.42 Å². The van der Waals surface area contributed by atoms with Crippen LogP contribution in [0.1, 0.15) is 11.3 Å². The van der Waals surface area contributed by atoms with E-state index in [2.05, 4.69) is 16.3 Å².